The Morgan fingerprint density at radius 2 is 2.07 bits per heavy atom. The van der Waals surface area contributed by atoms with Gasteiger partial charge in [0.25, 0.3) is 0 Å². The number of hydrogen-bond donors (Lipinski definition) is 0. The lowest BCUT2D eigenvalue weighted by Gasteiger charge is -2.32. The lowest BCUT2D eigenvalue weighted by atomic mass is 9.85. The maximum Gasteiger partial charge on any atom is 0.240 e. The number of hydrogen-bond acceptors (Lipinski definition) is 1. The number of amides is 1. The van der Waals surface area contributed by atoms with E-state index in [0.29, 0.717) is 6.04 Å². The van der Waals surface area contributed by atoms with Gasteiger partial charge in [-0.1, -0.05) is 12.8 Å². The fourth-order valence-corrected chi connectivity index (χ4v) is 3.03. The van der Waals surface area contributed by atoms with Crippen LogP contribution >= 0.6 is 11.6 Å². The zero-order chi connectivity index (χ0) is 10.1. The summed E-state index contributed by atoms with van der Waals surface area (Å²) in [6, 6.07) is 0.512. The van der Waals surface area contributed by atoms with Gasteiger partial charge in [0.15, 0.2) is 0 Å². The Kier molecular flexibility index (Phi) is 3.01. The van der Waals surface area contributed by atoms with Gasteiger partial charge in [-0.2, -0.15) is 0 Å². The summed E-state index contributed by atoms with van der Waals surface area (Å²) < 4.78 is 0. The molecule has 80 valence electrons. The number of fused-ring (bicyclic) bond motifs is 1. The molecule has 1 saturated heterocycles. The molecule has 2 nitrogen and oxygen atoms in total. The largest absolute Gasteiger partial charge is 0.338 e. The number of alkyl halides is 1. The van der Waals surface area contributed by atoms with E-state index >= 15 is 0 Å². The van der Waals surface area contributed by atoms with Gasteiger partial charge in [0, 0.05) is 12.6 Å². The summed E-state index contributed by atoms with van der Waals surface area (Å²) in [4.78, 5) is 13.8. The minimum Gasteiger partial charge on any atom is -0.338 e. The molecule has 2 fully saturated rings. The molecule has 1 aliphatic carbocycles. The molecule has 0 spiro atoms. The summed E-state index contributed by atoms with van der Waals surface area (Å²) in [5, 5.41) is -0.351. The molecule has 1 amide bonds. The average molecular weight is 216 g/mol. The highest BCUT2D eigenvalue weighted by molar-refractivity contribution is 6.30. The quantitative estimate of drug-likeness (QED) is 0.616. The van der Waals surface area contributed by atoms with E-state index in [9.17, 15) is 4.79 Å². The molecule has 1 unspecified atom stereocenters. The van der Waals surface area contributed by atoms with E-state index < -0.39 is 0 Å². The van der Waals surface area contributed by atoms with Crippen LogP contribution in [0.25, 0.3) is 0 Å². The number of likely N-dealkylation sites (tertiary alicyclic amines) is 1. The fourth-order valence-electron chi connectivity index (χ4n) is 2.91. The van der Waals surface area contributed by atoms with Crippen LogP contribution in [-0.2, 0) is 4.79 Å². The van der Waals surface area contributed by atoms with Crippen LogP contribution in [0.3, 0.4) is 0 Å². The maximum atomic E-state index is 11.8. The topological polar surface area (TPSA) is 20.3 Å². The van der Waals surface area contributed by atoms with Crippen LogP contribution in [0.15, 0.2) is 0 Å². The summed E-state index contributed by atoms with van der Waals surface area (Å²) in [6.45, 7) is 2.71. The van der Waals surface area contributed by atoms with Gasteiger partial charge in [0.2, 0.25) is 5.91 Å². The van der Waals surface area contributed by atoms with Gasteiger partial charge in [0.05, 0.1) is 0 Å². The zero-order valence-corrected chi connectivity index (χ0v) is 9.46. The molecule has 0 aromatic heterocycles. The third-order valence-electron chi connectivity index (χ3n) is 3.63. The van der Waals surface area contributed by atoms with Gasteiger partial charge in [-0.05, 0) is 32.1 Å². The van der Waals surface area contributed by atoms with E-state index in [-0.39, 0.29) is 11.3 Å². The van der Waals surface area contributed by atoms with Gasteiger partial charge in [0.1, 0.15) is 5.38 Å². The third-order valence-corrected chi connectivity index (χ3v) is 3.82. The van der Waals surface area contributed by atoms with Crippen molar-refractivity contribution < 1.29 is 4.79 Å². The SMILES string of the molecule is CC(Cl)C(=O)N1CC[C@@H]2CCCC[C@@H]21. The molecule has 2 rings (SSSR count). The normalized spacial score (nSPS) is 34.0. The molecule has 0 radical (unpaired) electrons. The van der Waals surface area contributed by atoms with Gasteiger partial charge in [-0.25, -0.2) is 0 Å². The molecule has 1 heterocycles. The van der Waals surface area contributed by atoms with E-state index in [4.69, 9.17) is 11.6 Å². The lowest BCUT2D eigenvalue weighted by molar-refractivity contribution is -0.132. The van der Waals surface area contributed by atoms with Crippen molar-refractivity contribution in [3.8, 4) is 0 Å². The number of rotatable bonds is 1. The predicted molar refractivity (Wildman–Crippen MR) is 57.4 cm³/mol. The van der Waals surface area contributed by atoms with Crippen molar-refractivity contribution in [3.63, 3.8) is 0 Å². The van der Waals surface area contributed by atoms with Crippen molar-refractivity contribution in [2.24, 2.45) is 5.92 Å². The first-order chi connectivity index (χ1) is 6.70. The van der Waals surface area contributed by atoms with E-state index in [1.54, 1.807) is 6.92 Å². The third kappa shape index (κ3) is 1.77. The summed E-state index contributed by atoms with van der Waals surface area (Å²) in [7, 11) is 0. The Labute approximate surface area is 90.6 Å². The molecule has 1 aliphatic heterocycles. The molecule has 3 heteroatoms. The van der Waals surface area contributed by atoms with E-state index in [1.165, 1.54) is 32.1 Å². The first kappa shape index (κ1) is 10.3. The van der Waals surface area contributed by atoms with Crippen LogP contribution in [0.1, 0.15) is 39.0 Å². The van der Waals surface area contributed by atoms with E-state index in [1.807, 2.05) is 4.90 Å². The molecule has 0 bridgehead atoms. The van der Waals surface area contributed by atoms with Gasteiger partial charge >= 0.3 is 0 Å². The average Bonchev–Trinajstić information content (AvgIpc) is 2.60. The Hall–Kier alpha value is -0.240. The van der Waals surface area contributed by atoms with Crippen molar-refractivity contribution >= 4 is 17.5 Å². The molecule has 2 aliphatic rings. The van der Waals surface area contributed by atoms with Crippen LogP contribution in [0.2, 0.25) is 0 Å². The summed E-state index contributed by atoms with van der Waals surface area (Å²) >= 11 is 5.85. The number of carbonyl (C=O) groups excluding carboxylic acids is 1. The van der Waals surface area contributed by atoms with Crippen LogP contribution in [0, 0.1) is 5.92 Å². The number of halogens is 1. The van der Waals surface area contributed by atoms with Gasteiger partial charge in [-0.15, -0.1) is 11.6 Å². The Balaban J connectivity index is 2.03. The summed E-state index contributed by atoms with van der Waals surface area (Å²) in [6.07, 6.45) is 6.33. The van der Waals surface area contributed by atoms with Gasteiger partial charge in [-0.3, -0.25) is 4.79 Å². The first-order valence-corrected chi connectivity index (χ1v) is 6.08. The number of carbonyl (C=O) groups is 1. The monoisotopic (exact) mass is 215 g/mol. The molecule has 1 saturated carbocycles. The zero-order valence-electron chi connectivity index (χ0n) is 8.71. The van der Waals surface area contributed by atoms with Crippen molar-refractivity contribution in [2.75, 3.05) is 6.54 Å². The standard InChI is InChI=1S/C11H18ClNO/c1-8(12)11(14)13-7-6-9-4-2-3-5-10(9)13/h8-10H,2-7H2,1H3/t8?,9-,10-/m0/s1. The second-order valence-corrected chi connectivity index (χ2v) is 5.20. The molecule has 0 N–H and O–H groups in total. The first-order valence-electron chi connectivity index (χ1n) is 5.64. The lowest BCUT2D eigenvalue weighted by Crippen LogP contribution is -2.42. The van der Waals surface area contributed by atoms with E-state index in [2.05, 4.69) is 0 Å². The summed E-state index contributed by atoms with van der Waals surface area (Å²) in [5.74, 6) is 0.907. The fraction of sp³-hybridized carbons (Fsp3) is 0.909. The van der Waals surface area contributed by atoms with Crippen LogP contribution in [0.5, 0.6) is 0 Å². The highest BCUT2D eigenvalue weighted by Gasteiger charge is 2.38. The molecule has 14 heavy (non-hydrogen) atoms. The van der Waals surface area contributed by atoms with Crippen LogP contribution in [0.4, 0.5) is 0 Å². The highest BCUT2D eigenvalue weighted by Crippen LogP contribution is 2.36. The van der Waals surface area contributed by atoms with Crippen LogP contribution < -0.4 is 0 Å². The summed E-state index contributed by atoms with van der Waals surface area (Å²) in [5.41, 5.74) is 0. The molecule has 3 atom stereocenters. The van der Waals surface area contributed by atoms with Gasteiger partial charge < -0.3 is 4.90 Å². The highest BCUT2D eigenvalue weighted by atomic mass is 35.5. The maximum absolute atomic E-state index is 11.8. The second kappa shape index (κ2) is 4.09. The minimum atomic E-state index is -0.351. The Morgan fingerprint density at radius 1 is 1.36 bits per heavy atom. The van der Waals surface area contributed by atoms with Crippen molar-refractivity contribution in [3.05, 3.63) is 0 Å². The molecule has 0 aromatic rings. The number of nitrogens with zero attached hydrogens (tertiary/aromatic N) is 1. The van der Waals surface area contributed by atoms with E-state index in [0.717, 1.165) is 12.5 Å². The second-order valence-electron chi connectivity index (χ2n) is 4.55. The molecular formula is C11H18ClNO. The Bertz CT molecular complexity index is 229. The smallest absolute Gasteiger partial charge is 0.240 e. The van der Waals surface area contributed by atoms with Crippen molar-refractivity contribution in [1.29, 1.82) is 0 Å². The molecule has 0 aromatic carbocycles. The van der Waals surface area contributed by atoms with Crippen LogP contribution in [-0.4, -0.2) is 28.8 Å². The van der Waals surface area contributed by atoms with Crippen molar-refractivity contribution in [1.82, 2.24) is 4.90 Å². The van der Waals surface area contributed by atoms with Crippen molar-refractivity contribution in [2.45, 2.75) is 50.4 Å². The Morgan fingerprint density at radius 3 is 2.79 bits per heavy atom. The predicted octanol–water partition coefficient (Wildman–Crippen LogP) is 2.40. The minimum absolute atomic E-state index is 0.140. The molecular weight excluding hydrogens is 198 g/mol.